The van der Waals surface area contributed by atoms with Gasteiger partial charge in [-0.1, -0.05) is 0 Å². The van der Waals surface area contributed by atoms with Gasteiger partial charge in [0.1, 0.15) is 26.9 Å². The van der Waals surface area contributed by atoms with E-state index in [1.807, 2.05) is 0 Å². The minimum atomic E-state index is -0.833. The van der Waals surface area contributed by atoms with Gasteiger partial charge in [0.2, 0.25) is 5.88 Å². The number of fused-ring (bicyclic) bond motifs is 1. The van der Waals surface area contributed by atoms with Crippen LogP contribution in [0.2, 0.25) is 0 Å². The highest BCUT2D eigenvalue weighted by Gasteiger charge is 2.29. The van der Waals surface area contributed by atoms with E-state index in [2.05, 4.69) is 15.3 Å². The van der Waals surface area contributed by atoms with Gasteiger partial charge in [-0.25, -0.2) is 14.6 Å². The third-order valence-corrected chi connectivity index (χ3v) is 5.77. The highest BCUT2D eigenvalue weighted by Crippen LogP contribution is 2.29. The first-order chi connectivity index (χ1) is 15.5. The van der Waals surface area contributed by atoms with Crippen LogP contribution in [0.5, 0.6) is 0 Å². The van der Waals surface area contributed by atoms with Crippen LogP contribution < -0.4 is 10.9 Å². The van der Waals surface area contributed by atoms with Gasteiger partial charge in [0.15, 0.2) is 12.4 Å². The number of hydrogen-bond acceptors (Lipinski definition) is 10. The van der Waals surface area contributed by atoms with Crippen molar-refractivity contribution in [1.82, 2.24) is 9.97 Å². The van der Waals surface area contributed by atoms with Gasteiger partial charge >= 0.3 is 11.9 Å². The van der Waals surface area contributed by atoms with E-state index in [0.29, 0.717) is 16.2 Å². The summed E-state index contributed by atoms with van der Waals surface area (Å²) in [4.78, 5) is 68.6. The zero-order valence-corrected chi connectivity index (χ0v) is 19.4. The standard InChI is InChI=1S/C21H21N3O8S/c1-6-30-20(28)15-14(9(3)25)10(4)32-18(15)24-12(26)7-31-21(29)16-8(2)13-17(27)22-11(5)23-19(13)33-16/h6-7H2,1-5H3,(H,24,26)(H,22,23,27). The second-order valence-corrected chi connectivity index (χ2v) is 8.03. The molecule has 0 saturated carbocycles. The topological polar surface area (TPSA) is 158 Å². The van der Waals surface area contributed by atoms with Crippen LogP contribution in [0, 0.1) is 20.8 Å². The van der Waals surface area contributed by atoms with Gasteiger partial charge in [-0.05, 0) is 40.2 Å². The van der Waals surface area contributed by atoms with Crippen LogP contribution in [-0.4, -0.2) is 46.8 Å². The number of furan rings is 1. The van der Waals surface area contributed by atoms with Crippen LogP contribution in [0.3, 0.4) is 0 Å². The van der Waals surface area contributed by atoms with Crippen LogP contribution in [0.1, 0.15) is 61.4 Å². The fourth-order valence-electron chi connectivity index (χ4n) is 3.26. The summed E-state index contributed by atoms with van der Waals surface area (Å²) < 4.78 is 15.4. The first kappa shape index (κ1) is 23.9. The van der Waals surface area contributed by atoms with Gasteiger partial charge in [-0.3, -0.25) is 19.7 Å². The van der Waals surface area contributed by atoms with Crippen molar-refractivity contribution in [3.63, 3.8) is 0 Å². The molecule has 0 fully saturated rings. The Morgan fingerprint density at radius 2 is 1.79 bits per heavy atom. The fourth-order valence-corrected chi connectivity index (χ4v) is 4.38. The number of nitrogens with one attached hydrogen (secondary N) is 2. The molecule has 12 heteroatoms. The molecule has 2 N–H and O–H groups in total. The molecule has 0 saturated heterocycles. The molecule has 3 rings (SSSR count). The lowest BCUT2D eigenvalue weighted by atomic mass is 10.1. The monoisotopic (exact) mass is 475 g/mol. The van der Waals surface area contributed by atoms with E-state index in [1.165, 1.54) is 13.8 Å². The number of aromatic nitrogens is 2. The number of H-pyrrole nitrogens is 1. The highest BCUT2D eigenvalue weighted by atomic mass is 32.1. The van der Waals surface area contributed by atoms with E-state index in [0.717, 1.165) is 11.3 Å². The molecule has 0 unspecified atom stereocenters. The van der Waals surface area contributed by atoms with Crippen molar-refractivity contribution in [3.05, 3.63) is 43.5 Å². The van der Waals surface area contributed by atoms with Crippen molar-refractivity contribution < 1.29 is 33.1 Å². The van der Waals surface area contributed by atoms with Gasteiger partial charge in [0.05, 0.1) is 17.6 Å². The first-order valence-electron chi connectivity index (χ1n) is 9.83. The molecular weight excluding hydrogens is 454 g/mol. The third-order valence-electron chi connectivity index (χ3n) is 4.61. The Labute approximate surface area is 191 Å². The molecular formula is C21H21N3O8S. The maximum Gasteiger partial charge on any atom is 0.349 e. The normalized spacial score (nSPS) is 10.8. The van der Waals surface area contributed by atoms with E-state index in [4.69, 9.17) is 13.9 Å². The maximum atomic E-state index is 12.5. The Hall–Kier alpha value is -3.80. The molecule has 3 aromatic heterocycles. The van der Waals surface area contributed by atoms with Gasteiger partial charge < -0.3 is 18.9 Å². The van der Waals surface area contributed by atoms with Crippen molar-refractivity contribution in [2.24, 2.45) is 0 Å². The van der Waals surface area contributed by atoms with Crippen LogP contribution >= 0.6 is 11.3 Å². The van der Waals surface area contributed by atoms with E-state index in [9.17, 15) is 24.0 Å². The molecule has 0 bridgehead atoms. The summed E-state index contributed by atoms with van der Waals surface area (Å²) in [6.45, 7) is 6.87. The molecule has 0 radical (unpaired) electrons. The number of carbonyl (C=O) groups is 4. The van der Waals surface area contributed by atoms with Gasteiger partial charge in [-0.2, -0.15) is 0 Å². The molecule has 0 aromatic carbocycles. The smallest absolute Gasteiger partial charge is 0.349 e. The second-order valence-electron chi connectivity index (χ2n) is 7.03. The Bertz CT molecular complexity index is 1350. The van der Waals surface area contributed by atoms with E-state index in [-0.39, 0.29) is 45.2 Å². The number of ketones is 1. The van der Waals surface area contributed by atoms with Crippen LogP contribution in [0.25, 0.3) is 10.2 Å². The minimum Gasteiger partial charge on any atom is -0.462 e. The van der Waals surface area contributed by atoms with Crippen molar-refractivity contribution in [2.75, 3.05) is 18.5 Å². The third kappa shape index (κ3) is 4.70. The lowest BCUT2D eigenvalue weighted by Gasteiger charge is -2.07. The predicted molar refractivity (Wildman–Crippen MR) is 118 cm³/mol. The number of aromatic amines is 1. The van der Waals surface area contributed by atoms with Gasteiger partial charge in [0, 0.05) is 0 Å². The number of rotatable bonds is 7. The number of esters is 2. The molecule has 0 aliphatic heterocycles. The summed E-state index contributed by atoms with van der Waals surface area (Å²) in [6.07, 6.45) is 0. The highest BCUT2D eigenvalue weighted by molar-refractivity contribution is 7.20. The fraction of sp³-hybridized carbons (Fsp3) is 0.333. The van der Waals surface area contributed by atoms with Crippen molar-refractivity contribution in [2.45, 2.75) is 34.6 Å². The minimum absolute atomic E-state index is 0.00494. The SMILES string of the molecule is CCOC(=O)c1c(NC(=O)COC(=O)c2sc3nc(C)[nH]c(=O)c3c2C)oc(C)c1C(C)=O. The molecule has 11 nitrogen and oxygen atoms in total. The Morgan fingerprint density at radius 3 is 2.42 bits per heavy atom. The maximum absolute atomic E-state index is 12.5. The predicted octanol–water partition coefficient (Wildman–Crippen LogP) is 2.68. The van der Waals surface area contributed by atoms with E-state index in [1.54, 1.807) is 20.8 Å². The van der Waals surface area contributed by atoms with Crippen LogP contribution in [0.15, 0.2) is 9.21 Å². The number of carbonyl (C=O) groups excluding carboxylic acids is 4. The molecule has 3 heterocycles. The average Bonchev–Trinajstić information content (AvgIpc) is 3.22. The molecule has 33 heavy (non-hydrogen) atoms. The number of hydrogen-bond donors (Lipinski definition) is 2. The van der Waals surface area contributed by atoms with Crippen molar-refractivity contribution in [1.29, 1.82) is 0 Å². The number of thiophene rings is 1. The number of amides is 1. The van der Waals surface area contributed by atoms with Gasteiger partial charge in [0.25, 0.3) is 11.5 Å². The summed E-state index contributed by atoms with van der Waals surface area (Å²) in [7, 11) is 0. The Kier molecular flexibility index (Phi) is 6.77. The van der Waals surface area contributed by atoms with Crippen molar-refractivity contribution in [3.8, 4) is 0 Å². The molecule has 0 aliphatic rings. The summed E-state index contributed by atoms with van der Waals surface area (Å²) in [5.74, 6) is -2.62. The number of anilines is 1. The zero-order chi connectivity index (χ0) is 24.4. The Balaban J connectivity index is 1.78. The molecule has 1 amide bonds. The lowest BCUT2D eigenvalue weighted by Crippen LogP contribution is -2.22. The number of nitrogens with zero attached hydrogens (tertiary/aromatic N) is 1. The number of Topliss-reactive ketones (excluding diaryl/α,β-unsaturated/α-hetero) is 1. The molecule has 174 valence electrons. The molecule has 0 aliphatic carbocycles. The van der Waals surface area contributed by atoms with E-state index < -0.39 is 30.2 Å². The number of aryl methyl sites for hydroxylation is 3. The summed E-state index contributed by atoms with van der Waals surface area (Å²) in [5.41, 5.74) is -0.187. The van der Waals surface area contributed by atoms with Crippen LogP contribution in [-0.2, 0) is 14.3 Å². The Morgan fingerprint density at radius 1 is 1.09 bits per heavy atom. The van der Waals surface area contributed by atoms with Crippen LogP contribution in [0.4, 0.5) is 5.88 Å². The van der Waals surface area contributed by atoms with Gasteiger partial charge in [-0.15, -0.1) is 11.3 Å². The summed E-state index contributed by atoms with van der Waals surface area (Å²) >= 11 is 0.982. The molecule has 0 spiro atoms. The summed E-state index contributed by atoms with van der Waals surface area (Å²) in [5, 5.41) is 2.61. The lowest BCUT2D eigenvalue weighted by molar-refractivity contribution is -0.119. The van der Waals surface area contributed by atoms with E-state index >= 15 is 0 Å². The first-order valence-corrected chi connectivity index (χ1v) is 10.6. The molecule has 3 aromatic rings. The zero-order valence-electron chi connectivity index (χ0n) is 18.5. The largest absolute Gasteiger partial charge is 0.462 e. The average molecular weight is 475 g/mol. The quantitative estimate of drug-likeness (QED) is 0.387. The number of ether oxygens (including phenoxy) is 2. The van der Waals surface area contributed by atoms with Crippen molar-refractivity contribution >= 4 is 51.1 Å². The molecule has 0 atom stereocenters. The summed E-state index contributed by atoms with van der Waals surface area (Å²) in [6, 6.07) is 0. The second kappa shape index (κ2) is 9.36.